The van der Waals surface area contributed by atoms with E-state index in [1.165, 1.54) is 0 Å². The van der Waals surface area contributed by atoms with Gasteiger partial charge in [-0.1, -0.05) is 0 Å². The maximum atomic E-state index is 11.4. The third-order valence-electron chi connectivity index (χ3n) is 2.29. The van der Waals surface area contributed by atoms with Crippen molar-refractivity contribution in [1.82, 2.24) is 15.3 Å². The lowest BCUT2D eigenvalue weighted by molar-refractivity contribution is -0.119. The summed E-state index contributed by atoms with van der Waals surface area (Å²) >= 11 is 0. The molecule has 1 aromatic rings. The smallest absolute Gasteiger partial charge is 0.239 e. The van der Waals surface area contributed by atoms with E-state index in [0.717, 1.165) is 18.9 Å². The van der Waals surface area contributed by atoms with Crippen molar-refractivity contribution >= 4 is 17.7 Å². The third-order valence-corrected chi connectivity index (χ3v) is 2.29. The van der Waals surface area contributed by atoms with Crippen LogP contribution in [0.1, 0.15) is 13.8 Å². The maximum absolute atomic E-state index is 11.4. The fraction of sp³-hybridized carbons (Fsp3) is 0.545. The summed E-state index contributed by atoms with van der Waals surface area (Å²) in [5.41, 5.74) is 0. The van der Waals surface area contributed by atoms with Crippen molar-refractivity contribution in [1.29, 1.82) is 0 Å². The van der Waals surface area contributed by atoms with E-state index in [1.807, 2.05) is 18.7 Å². The fourth-order valence-electron chi connectivity index (χ4n) is 1.38. The van der Waals surface area contributed by atoms with Crippen molar-refractivity contribution < 1.29 is 4.79 Å². The second-order valence-corrected chi connectivity index (χ2v) is 3.46. The molecule has 1 rings (SSSR count). The number of anilines is 2. The van der Waals surface area contributed by atoms with Gasteiger partial charge in [0.1, 0.15) is 5.82 Å². The Hall–Kier alpha value is -1.85. The van der Waals surface area contributed by atoms with Crippen LogP contribution < -0.4 is 15.5 Å². The number of hydrogen-bond acceptors (Lipinski definition) is 5. The molecular weight excluding hydrogens is 218 g/mol. The van der Waals surface area contributed by atoms with E-state index in [2.05, 4.69) is 20.6 Å². The van der Waals surface area contributed by atoms with Crippen LogP contribution >= 0.6 is 0 Å². The third kappa shape index (κ3) is 3.90. The molecule has 0 aliphatic carbocycles. The minimum absolute atomic E-state index is 0.0320. The number of nitrogens with zero attached hydrogens (tertiary/aromatic N) is 3. The van der Waals surface area contributed by atoms with Gasteiger partial charge in [0.25, 0.3) is 0 Å². The second kappa shape index (κ2) is 6.67. The minimum Gasteiger partial charge on any atom is -0.358 e. The normalized spacial score (nSPS) is 9.82. The van der Waals surface area contributed by atoms with Gasteiger partial charge in [-0.3, -0.25) is 4.79 Å². The SMILES string of the molecule is CCNc1nccc(N(CC)CC(=O)NC)n1. The first-order valence-corrected chi connectivity index (χ1v) is 5.73. The van der Waals surface area contributed by atoms with Crippen LogP contribution in [0.15, 0.2) is 12.3 Å². The molecule has 6 nitrogen and oxygen atoms in total. The van der Waals surface area contributed by atoms with Crippen LogP contribution in [0.2, 0.25) is 0 Å². The Morgan fingerprint density at radius 2 is 2.24 bits per heavy atom. The topological polar surface area (TPSA) is 70.2 Å². The fourth-order valence-corrected chi connectivity index (χ4v) is 1.38. The first kappa shape index (κ1) is 13.2. The van der Waals surface area contributed by atoms with Crippen LogP contribution in [-0.4, -0.2) is 42.6 Å². The van der Waals surface area contributed by atoms with Gasteiger partial charge in [0.15, 0.2) is 0 Å². The van der Waals surface area contributed by atoms with Gasteiger partial charge in [-0.05, 0) is 19.9 Å². The van der Waals surface area contributed by atoms with Gasteiger partial charge in [-0.15, -0.1) is 0 Å². The summed E-state index contributed by atoms with van der Waals surface area (Å²) < 4.78 is 0. The van der Waals surface area contributed by atoms with Crippen LogP contribution in [0.3, 0.4) is 0 Å². The molecule has 0 bridgehead atoms. The Labute approximate surface area is 101 Å². The number of aromatic nitrogens is 2. The lowest BCUT2D eigenvalue weighted by atomic mass is 10.4. The molecule has 17 heavy (non-hydrogen) atoms. The van der Waals surface area contributed by atoms with E-state index in [0.29, 0.717) is 12.5 Å². The zero-order chi connectivity index (χ0) is 12.7. The Bertz CT molecular complexity index is 369. The highest BCUT2D eigenvalue weighted by atomic mass is 16.1. The second-order valence-electron chi connectivity index (χ2n) is 3.46. The van der Waals surface area contributed by atoms with Crippen LogP contribution in [0.5, 0.6) is 0 Å². The van der Waals surface area contributed by atoms with E-state index in [1.54, 1.807) is 19.3 Å². The van der Waals surface area contributed by atoms with E-state index >= 15 is 0 Å². The molecular formula is C11H19N5O. The summed E-state index contributed by atoms with van der Waals surface area (Å²) in [5.74, 6) is 1.30. The molecule has 94 valence electrons. The molecule has 0 atom stereocenters. The molecule has 0 saturated heterocycles. The number of rotatable bonds is 6. The molecule has 2 N–H and O–H groups in total. The highest BCUT2D eigenvalue weighted by molar-refractivity contribution is 5.80. The molecule has 0 aliphatic heterocycles. The number of carbonyl (C=O) groups excluding carboxylic acids is 1. The lowest BCUT2D eigenvalue weighted by Crippen LogP contribution is -2.36. The molecule has 0 radical (unpaired) electrons. The summed E-state index contributed by atoms with van der Waals surface area (Å²) in [4.78, 5) is 21.7. The molecule has 0 unspecified atom stereocenters. The zero-order valence-electron chi connectivity index (χ0n) is 10.5. The van der Waals surface area contributed by atoms with Crippen LogP contribution in [0, 0.1) is 0 Å². The number of carbonyl (C=O) groups is 1. The van der Waals surface area contributed by atoms with Gasteiger partial charge >= 0.3 is 0 Å². The van der Waals surface area contributed by atoms with E-state index in [-0.39, 0.29) is 5.91 Å². The minimum atomic E-state index is -0.0320. The van der Waals surface area contributed by atoms with Crippen LogP contribution in [0.25, 0.3) is 0 Å². The Kier molecular flexibility index (Phi) is 5.19. The first-order valence-electron chi connectivity index (χ1n) is 5.73. The predicted octanol–water partition coefficient (Wildman–Crippen LogP) is 0.481. The van der Waals surface area contributed by atoms with Gasteiger partial charge in [0.05, 0.1) is 6.54 Å². The largest absolute Gasteiger partial charge is 0.358 e. The molecule has 0 aliphatic rings. The Morgan fingerprint density at radius 3 is 2.82 bits per heavy atom. The summed E-state index contributed by atoms with van der Waals surface area (Å²) in [5, 5.41) is 5.64. The summed E-state index contributed by atoms with van der Waals surface area (Å²) in [6.45, 7) is 5.76. The summed E-state index contributed by atoms with van der Waals surface area (Å²) in [6, 6.07) is 1.80. The van der Waals surface area contributed by atoms with Gasteiger partial charge in [-0.25, -0.2) is 4.98 Å². The van der Waals surface area contributed by atoms with E-state index < -0.39 is 0 Å². The summed E-state index contributed by atoms with van der Waals surface area (Å²) in [7, 11) is 1.63. The molecule has 0 aromatic carbocycles. The van der Waals surface area contributed by atoms with E-state index in [9.17, 15) is 4.79 Å². The molecule has 0 saturated carbocycles. The predicted molar refractivity (Wildman–Crippen MR) is 68.1 cm³/mol. The van der Waals surface area contributed by atoms with Crippen molar-refractivity contribution in [2.45, 2.75) is 13.8 Å². The quantitative estimate of drug-likeness (QED) is 0.753. The first-order chi connectivity index (χ1) is 8.21. The van der Waals surface area contributed by atoms with Gasteiger partial charge in [0.2, 0.25) is 11.9 Å². The number of amides is 1. The lowest BCUT2D eigenvalue weighted by Gasteiger charge is -2.21. The van der Waals surface area contributed by atoms with Crippen molar-refractivity contribution in [2.75, 3.05) is 36.9 Å². The molecule has 1 aromatic heterocycles. The zero-order valence-corrected chi connectivity index (χ0v) is 10.5. The average molecular weight is 237 g/mol. The van der Waals surface area contributed by atoms with Crippen LogP contribution in [-0.2, 0) is 4.79 Å². The number of likely N-dealkylation sites (N-methyl/N-ethyl adjacent to an activating group) is 2. The average Bonchev–Trinajstić information content (AvgIpc) is 2.36. The highest BCUT2D eigenvalue weighted by Crippen LogP contribution is 2.11. The summed E-state index contributed by atoms with van der Waals surface area (Å²) in [6.07, 6.45) is 1.69. The van der Waals surface area contributed by atoms with Gasteiger partial charge < -0.3 is 15.5 Å². The molecule has 1 heterocycles. The van der Waals surface area contributed by atoms with Crippen molar-refractivity contribution in [3.8, 4) is 0 Å². The number of hydrogen-bond donors (Lipinski definition) is 2. The van der Waals surface area contributed by atoms with Gasteiger partial charge in [0, 0.05) is 26.3 Å². The number of nitrogens with one attached hydrogen (secondary N) is 2. The van der Waals surface area contributed by atoms with Crippen molar-refractivity contribution in [2.24, 2.45) is 0 Å². The molecule has 0 spiro atoms. The monoisotopic (exact) mass is 237 g/mol. The molecule has 6 heteroatoms. The maximum Gasteiger partial charge on any atom is 0.239 e. The highest BCUT2D eigenvalue weighted by Gasteiger charge is 2.10. The van der Waals surface area contributed by atoms with E-state index in [4.69, 9.17) is 0 Å². The molecule has 1 amide bonds. The standard InChI is InChI=1S/C11H19N5O/c1-4-13-11-14-7-6-9(15-11)16(5-2)8-10(17)12-3/h6-7H,4-5,8H2,1-3H3,(H,12,17)(H,13,14,15). The Balaban J connectivity index is 2.80. The van der Waals surface area contributed by atoms with Crippen molar-refractivity contribution in [3.63, 3.8) is 0 Å². The van der Waals surface area contributed by atoms with Crippen molar-refractivity contribution in [3.05, 3.63) is 12.3 Å². The molecule has 0 fully saturated rings. The van der Waals surface area contributed by atoms with Gasteiger partial charge in [-0.2, -0.15) is 4.98 Å². The Morgan fingerprint density at radius 1 is 1.47 bits per heavy atom. The van der Waals surface area contributed by atoms with Crippen LogP contribution in [0.4, 0.5) is 11.8 Å².